The van der Waals surface area contributed by atoms with E-state index in [2.05, 4.69) is 0 Å². The Labute approximate surface area is 241 Å². The van der Waals surface area contributed by atoms with Crippen molar-refractivity contribution < 1.29 is 26.7 Å². The number of hydrogen-bond acceptors (Lipinski definition) is 4. The third-order valence-corrected chi connectivity index (χ3v) is 8.80. The standard InChI is InChI=1S/C30H24ClF5N2O2S/c1-15-19(13-20-21(30(34,35)36)9-5-10-22(20)32)29-38(23(14-41-29)27(37)16-6-3-7-17(31)12-16)28(39)25(15)18-8-4-11-24(40-2)26(18)33/h3-12,23,27H,13-14,37H2,1-2H3/t23-,27?/m0/s1. The summed E-state index contributed by atoms with van der Waals surface area (Å²) < 4.78 is 78.8. The number of thioether (sulfide) groups is 1. The molecule has 2 atom stereocenters. The van der Waals surface area contributed by atoms with E-state index < -0.39 is 53.0 Å². The smallest absolute Gasteiger partial charge is 0.416 e. The van der Waals surface area contributed by atoms with Crippen LogP contribution in [0.1, 0.15) is 39.9 Å². The summed E-state index contributed by atoms with van der Waals surface area (Å²) in [6, 6.07) is 12.5. The Balaban J connectivity index is 1.79. The largest absolute Gasteiger partial charge is 0.494 e. The number of alkyl halides is 3. The van der Waals surface area contributed by atoms with Gasteiger partial charge in [0.1, 0.15) is 5.82 Å². The predicted octanol–water partition coefficient (Wildman–Crippen LogP) is 7.72. The fourth-order valence-electron chi connectivity index (χ4n) is 5.29. The van der Waals surface area contributed by atoms with Crippen LogP contribution in [0, 0.1) is 18.6 Å². The first kappa shape index (κ1) is 29.2. The minimum absolute atomic E-state index is 0.0594. The van der Waals surface area contributed by atoms with Crippen LogP contribution in [0.25, 0.3) is 11.1 Å². The normalized spacial score (nSPS) is 15.6. The average Bonchev–Trinajstić information content (AvgIpc) is 3.37. The van der Waals surface area contributed by atoms with Crippen LogP contribution in [0.4, 0.5) is 22.0 Å². The van der Waals surface area contributed by atoms with Crippen molar-refractivity contribution in [1.82, 2.24) is 4.57 Å². The SMILES string of the molecule is COc1cccc(-c2c(C)c(Cc3c(F)cccc3C(F)(F)F)c3n(c2=O)[C@H](C(N)c2cccc(Cl)c2)CS3)c1F. The minimum Gasteiger partial charge on any atom is -0.494 e. The number of aromatic nitrogens is 1. The monoisotopic (exact) mass is 606 g/mol. The molecule has 4 nitrogen and oxygen atoms in total. The van der Waals surface area contributed by atoms with E-state index in [4.69, 9.17) is 22.1 Å². The number of methoxy groups -OCH3 is 1. The zero-order valence-electron chi connectivity index (χ0n) is 21.9. The molecule has 0 saturated carbocycles. The van der Waals surface area contributed by atoms with Crippen molar-refractivity contribution >= 4 is 23.4 Å². The van der Waals surface area contributed by atoms with Gasteiger partial charge in [0.2, 0.25) is 0 Å². The summed E-state index contributed by atoms with van der Waals surface area (Å²) in [4.78, 5) is 14.2. The first-order valence-corrected chi connectivity index (χ1v) is 13.9. The van der Waals surface area contributed by atoms with Gasteiger partial charge in [0, 0.05) is 28.3 Å². The molecular formula is C30H24ClF5N2O2S. The van der Waals surface area contributed by atoms with Crippen LogP contribution in [-0.4, -0.2) is 17.4 Å². The van der Waals surface area contributed by atoms with Gasteiger partial charge in [-0.05, 0) is 53.9 Å². The number of benzene rings is 3. The van der Waals surface area contributed by atoms with E-state index in [0.717, 1.165) is 18.2 Å². The summed E-state index contributed by atoms with van der Waals surface area (Å²) in [6.45, 7) is 1.53. The molecule has 41 heavy (non-hydrogen) atoms. The van der Waals surface area contributed by atoms with Crippen molar-refractivity contribution in [3.8, 4) is 16.9 Å². The fraction of sp³-hybridized carbons (Fsp3) is 0.233. The predicted molar refractivity (Wildman–Crippen MR) is 150 cm³/mol. The summed E-state index contributed by atoms with van der Waals surface area (Å²) in [7, 11) is 1.28. The topological polar surface area (TPSA) is 57.2 Å². The maximum Gasteiger partial charge on any atom is 0.416 e. The molecule has 4 aromatic rings. The number of nitrogens with two attached hydrogens (primary N) is 1. The van der Waals surface area contributed by atoms with Gasteiger partial charge in [0.25, 0.3) is 5.56 Å². The highest BCUT2D eigenvalue weighted by molar-refractivity contribution is 7.99. The second kappa shape index (κ2) is 11.2. The molecule has 0 aliphatic carbocycles. The molecule has 1 aliphatic rings. The number of rotatable bonds is 6. The summed E-state index contributed by atoms with van der Waals surface area (Å²) in [5.74, 6) is -1.63. The van der Waals surface area contributed by atoms with Crippen molar-refractivity contribution in [2.75, 3.05) is 12.9 Å². The molecule has 0 spiro atoms. The number of halogens is 6. The highest BCUT2D eigenvalue weighted by Crippen LogP contribution is 2.45. The highest BCUT2D eigenvalue weighted by Gasteiger charge is 2.38. The van der Waals surface area contributed by atoms with Crippen LogP contribution in [0.5, 0.6) is 5.75 Å². The van der Waals surface area contributed by atoms with Crippen LogP contribution in [0.2, 0.25) is 5.02 Å². The zero-order chi connectivity index (χ0) is 29.6. The first-order valence-electron chi connectivity index (χ1n) is 12.5. The Morgan fingerprint density at radius 1 is 1.10 bits per heavy atom. The second-order valence-electron chi connectivity index (χ2n) is 9.68. The van der Waals surface area contributed by atoms with Crippen molar-refractivity contribution in [2.45, 2.75) is 36.6 Å². The lowest BCUT2D eigenvalue weighted by Crippen LogP contribution is -2.33. The van der Waals surface area contributed by atoms with Crippen LogP contribution in [0.3, 0.4) is 0 Å². The van der Waals surface area contributed by atoms with Gasteiger partial charge in [-0.1, -0.05) is 41.9 Å². The molecule has 1 aromatic heterocycles. The third kappa shape index (κ3) is 5.24. The Hall–Kier alpha value is -3.34. The van der Waals surface area contributed by atoms with Crippen LogP contribution < -0.4 is 16.0 Å². The van der Waals surface area contributed by atoms with Crippen molar-refractivity contribution in [1.29, 1.82) is 0 Å². The molecule has 1 unspecified atom stereocenters. The Morgan fingerprint density at radius 2 is 1.80 bits per heavy atom. The van der Waals surface area contributed by atoms with Crippen molar-refractivity contribution in [3.05, 3.63) is 115 Å². The van der Waals surface area contributed by atoms with E-state index in [-0.39, 0.29) is 28.0 Å². The lowest BCUT2D eigenvalue weighted by atomic mass is 9.91. The minimum atomic E-state index is -4.81. The average molecular weight is 607 g/mol. The van der Waals surface area contributed by atoms with E-state index in [1.807, 2.05) is 0 Å². The lowest BCUT2D eigenvalue weighted by Gasteiger charge is -2.25. The van der Waals surface area contributed by atoms with E-state index >= 15 is 4.39 Å². The molecule has 2 heterocycles. The van der Waals surface area contributed by atoms with Gasteiger partial charge >= 0.3 is 6.18 Å². The molecule has 11 heteroatoms. The fourth-order valence-corrected chi connectivity index (χ4v) is 6.94. The Morgan fingerprint density at radius 3 is 2.49 bits per heavy atom. The third-order valence-electron chi connectivity index (χ3n) is 7.34. The Kier molecular flexibility index (Phi) is 7.93. The van der Waals surface area contributed by atoms with Crippen molar-refractivity contribution in [3.63, 3.8) is 0 Å². The van der Waals surface area contributed by atoms with Gasteiger partial charge in [-0.2, -0.15) is 13.2 Å². The second-order valence-corrected chi connectivity index (χ2v) is 11.1. The summed E-state index contributed by atoms with van der Waals surface area (Å²) >= 11 is 7.41. The van der Waals surface area contributed by atoms with E-state index in [1.54, 1.807) is 24.3 Å². The van der Waals surface area contributed by atoms with Gasteiger partial charge in [0.05, 0.1) is 35.3 Å². The van der Waals surface area contributed by atoms with Gasteiger partial charge in [-0.25, -0.2) is 8.78 Å². The van der Waals surface area contributed by atoms with E-state index in [0.29, 0.717) is 21.4 Å². The first-order chi connectivity index (χ1) is 19.4. The maximum atomic E-state index is 15.6. The molecule has 0 amide bonds. The van der Waals surface area contributed by atoms with Crippen LogP contribution >= 0.6 is 23.4 Å². The zero-order valence-corrected chi connectivity index (χ0v) is 23.4. The molecule has 1 aliphatic heterocycles. The van der Waals surface area contributed by atoms with E-state index in [1.165, 1.54) is 48.6 Å². The summed E-state index contributed by atoms with van der Waals surface area (Å²) in [5, 5.41) is 0.803. The molecule has 0 bridgehead atoms. The van der Waals surface area contributed by atoms with Gasteiger partial charge in [-0.15, -0.1) is 11.8 Å². The number of ether oxygens (including phenoxy) is 1. The number of nitrogens with zero attached hydrogens (tertiary/aromatic N) is 1. The molecule has 3 aromatic carbocycles. The Bertz CT molecular complexity index is 1710. The molecule has 2 N–H and O–H groups in total. The lowest BCUT2D eigenvalue weighted by molar-refractivity contribution is -0.138. The molecule has 5 rings (SSSR count). The van der Waals surface area contributed by atoms with Gasteiger partial charge in [-0.3, -0.25) is 9.36 Å². The van der Waals surface area contributed by atoms with Crippen LogP contribution in [0.15, 0.2) is 70.5 Å². The molecular weight excluding hydrogens is 583 g/mol. The number of hydrogen-bond donors (Lipinski definition) is 1. The van der Waals surface area contributed by atoms with E-state index in [9.17, 15) is 22.4 Å². The highest BCUT2D eigenvalue weighted by atomic mass is 35.5. The summed E-state index contributed by atoms with van der Waals surface area (Å²) in [6.07, 6.45) is -5.29. The molecule has 0 fully saturated rings. The summed E-state index contributed by atoms with van der Waals surface area (Å²) in [5.41, 5.74) is 5.41. The van der Waals surface area contributed by atoms with Crippen molar-refractivity contribution in [2.24, 2.45) is 5.73 Å². The van der Waals surface area contributed by atoms with Crippen LogP contribution in [-0.2, 0) is 12.6 Å². The molecule has 0 saturated heterocycles. The molecule has 214 valence electrons. The maximum absolute atomic E-state index is 15.6. The van der Waals surface area contributed by atoms with Gasteiger partial charge < -0.3 is 10.5 Å². The van der Waals surface area contributed by atoms with Gasteiger partial charge in [0.15, 0.2) is 11.6 Å². The number of pyridine rings is 1. The number of fused-ring (bicyclic) bond motifs is 1. The molecule has 0 radical (unpaired) electrons. The quantitative estimate of drug-likeness (QED) is 0.228.